The molecule has 1 fully saturated rings. The number of amides is 1. The standard InChI is InChI=1S/C16H19F3N2O3/c1-10-9-20(6-5-13(22)24-2)7-8-21(10)16(23)11-3-4-12(17)15(19)14(11)18/h3-4,10H,5-9H2,1-2H3. The van der Waals surface area contributed by atoms with Crippen molar-refractivity contribution in [2.24, 2.45) is 0 Å². The van der Waals surface area contributed by atoms with Crippen molar-refractivity contribution in [3.05, 3.63) is 35.1 Å². The van der Waals surface area contributed by atoms with Crippen LogP contribution in [0, 0.1) is 17.5 Å². The molecule has 0 aromatic heterocycles. The van der Waals surface area contributed by atoms with Crippen molar-refractivity contribution >= 4 is 11.9 Å². The van der Waals surface area contributed by atoms with Gasteiger partial charge in [-0.05, 0) is 19.1 Å². The molecule has 1 atom stereocenters. The van der Waals surface area contributed by atoms with Crippen LogP contribution in [-0.4, -0.2) is 61.0 Å². The van der Waals surface area contributed by atoms with E-state index in [-0.39, 0.29) is 18.4 Å². The second-order valence-electron chi connectivity index (χ2n) is 5.70. The fourth-order valence-electron chi connectivity index (χ4n) is 2.74. The van der Waals surface area contributed by atoms with Crippen molar-refractivity contribution < 1.29 is 27.5 Å². The highest BCUT2D eigenvalue weighted by Crippen LogP contribution is 2.20. The van der Waals surface area contributed by atoms with E-state index in [0.29, 0.717) is 26.2 Å². The van der Waals surface area contributed by atoms with Crippen molar-refractivity contribution in [1.82, 2.24) is 9.80 Å². The van der Waals surface area contributed by atoms with E-state index in [1.165, 1.54) is 12.0 Å². The molecule has 0 aliphatic carbocycles. The molecule has 8 heteroatoms. The number of methoxy groups -OCH3 is 1. The fraction of sp³-hybridized carbons (Fsp3) is 0.500. The molecular weight excluding hydrogens is 325 g/mol. The maximum absolute atomic E-state index is 13.8. The number of halogens is 3. The van der Waals surface area contributed by atoms with E-state index < -0.39 is 28.9 Å². The number of hydrogen-bond donors (Lipinski definition) is 0. The molecule has 5 nitrogen and oxygen atoms in total. The number of hydrogen-bond acceptors (Lipinski definition) is 4. The topological polar surface area (TPSA) is 49.9 Å². The van der Waals surface area contributed by atoms with Crippen molar-refractivity contribution in [1.29, 1.82) is 0 Å². The van der Waals surface area contributed by atoms with Crippen molar-refractivity contribution in [3.63, 3.8) is 0 Å². The molecule has 0 N–H and O–H groups in total. The van der Waals surface area contributed by atoms with Gasteiger partial charge >= 0.3 is 5.97 Å². The minimum atomic E-state index is -1.65. The van der Waals surface area contributed by atoms with Crippen LogP contribution in [0.1, 0.15) is 23.7 Å². The van der Waals surface area contributed by atoms with E-state index in [2.05, 4.69) is 4.74 Å². The third kappa shape index (κ3) is 3.87. The minimum Gasteiger partial charge on any atom is -0.469 e. The molecule has 1 amide bonds. The highest BCUT2D eigenvalue weighted by Gasteiger charge is 2.30. The Morgan fingerprint density at radius 2 is 1.92 bits per heavy atom. The Morgan fingerprint density at radius 1 is 1.21 bits per heavy atom. The lowest BCUT2D eigenvalue weighted by molar-refractivity contribution is -0.141. The van der Waals surface area contributed by atoms with E-state index in [1.54, 1.807) is 6.92 Å². The Bertz CT molecular complexity index is 639. The molecule has 0 bridgehead atoms. The molecule has 24 heavy (non-hydrogen) atoms. The van der Waals surface area contributed by atoms with Crippen LogP contribution in [0.15, 0.2) is 12.1 Å². The molecular formula is C16H19F3N2O3. The van der Waals surface area contributed by atoms with E-state index in [0.717, 1.165) is 12.1 Å². The predicted molar refractivity (Wildman–Crippen MR) is 79.9 cm³/mol. The van der Waals surface area contributed by atoms with Gasteiger partial charge in [-0.25, -0.2) is 13.2 Å². The number of carbonyl (C=O) groups is 2. The van der Waals surface area contributed by atoms with Gasteiger partial charge in [0, 0.05) is 32.2 Å². The average Bonchev–Trinajstić information content (AvgIpc) is 2.57. The highest BCUT2D eigenvalue weighted by molar-refractivity contribution is 5.94. The zero-order valence-corrected chi connectivity index (χ0v) is 13.5. The largest absolute Gasteiger partial charge is 0.469 e. The monoisotopic (exact) mass is 344 g/mol. The molecule has 0 saturated carbocycles. The lowest BCUT2D eigenvalue weighted by Gasteiger charge is -2.39. The number of benzene rings is 1. The summed E-state index contributed by atoms with van der Waals surface area (Å²) in [4.78, 5) is 27.0. The second-order valence-corrected chi connectivity index (χ2v) is 5.70. The summed E-state index contributed by atoms with van der Waals surface area (Å²) in [6, 6.07) is 1.44. The molecule has 132 valence electrons. The van der Waals surface area contributed by atoms with Gasteiger partial charge in [-0.2, -0.15) is 0 Å². The number of esters is 1. The summed E-state index contributed by atoms with van der Waals surface area (Å²) < 4.78 is 44.7. The Morgan fingerprint density at radius 3 is 2.54 bits per heavy atom. The molecule has 0 radical (unpaired) electrons. The van der Waals surface area contributed by atoms with Gasteiger partial charge in [0.1, 0.15) is 0 Å². The van der Waals surface area contributed by atoms with Gasteiger partial charge in [0.05, 0.1) is 19.1 Å². The Kier molecular flexibility index (Phi) is 5.82. The van der Waals surface area contributed by atoms with E-state index in [9.17, 15) is 22.8 Å². The van der Waals surface area contributed by atoms with Crippen LogP contribution >= 0.6 is 0 Å². The van der Waals surface area contributed by atoms with E-state index in [1.807, 2.05) is 4.90 Å². The van der Waals surface area contributed by atoms with Gasteiger partial charge < -0.3 is 9.64 Å². The summed E-state index contributed by atoms with van der Waals surface area (Å²) in [6.45, 7) is 3.57. The summed E-state index contributed by atoms with van der Waals surface area (Å²) in [5.41, 5.74) is -0.483. The van der Waals surface area contributed by atoms with Crippen LogP contribution < -0.4 is 0 Å². The van der Waals surface area contributed by atoms with Crippen LogP contribution in [0.25, 0.3) is 0 Å². The molecule has 1 aromatic carbocycles. The zero-order valence-electron chi connectivity index (χ0n) is 13.5. The molecule has 1 aromatic rings. The fourth-order valence-corrected chi connectivity index (χ4v) is 2.74. The summed E-state index contributed by atoms with van der Waals surface area (Å²) in [5, 5.41) is 0. The quantitative estimate of drug-likeness (QED) is 0.618. The Hall–Kier alpha value is -2.09. The van der Waals surface area contributed by atoms with Crippen LogP contribution in [0.2, 0.25) is 0 Å². The normalized spacial score (nSPS) is 18.5. The molecule has 1 aliphatic rings. The molecule has 2 rings (SSSR count). The van der Waals surface area contributed by atoms with Crippen molar-refractivity contribution in [3.8, 4) is 0 Å². The lowest BCUT2D eigenvalue weighted by atomic mass is 10.1. The first-order valence-electron chi connectivity index (χ1n) is 7.58. The molecule has 1 unspecified atom stereocenters. The smallest absolute Gasteiger partial charge is 0.306 e. The summed E-state index contributed by atoms with van der Waals surface area (Å²) >= 11 is 0. The number of piperazine rings is 1. The summed E-state index contributed by atoms with van der Waals surface area (Å²) in [7, 11) is 1.32. The molecule has 0 spiro atoms. The summed E-state index contributed by atoms with van der Waals surface area (Å²) in [6.07, 6.45) is 0.245. The highest BCUT2D eigenvalue weighted by atomic mass is 19.2. The lowest BCUT2D eigenvalue weighted by Crippen LogP contribution is -2.54. The molecule has 1 aliphatic heterocycles. The number of rotatable bonds is 4. The van der Waals surface area contributed by atoms with Crippen LogP contribution in [0.5, 0.6) is 0 Å². The van der Waals surface area contributed by atoms with Crippen LogP contribution in [0.3, 0.4) is 0 Å². The van der Waals surface area contributed by atoms with Crippen LogP contribution in [-0.2, 0) is 9.53 Å². The number of nitrogens with zero attached hydrogens (tertiary/aromatic N) is 2. The SMILES string of the molecule is COC(=O)CCN1CCN(C(=O)c2ccc(F)c(F)c2F)C(C)C1. The number of carbonyl (C=O) groups excluding carboxylic acids is 2. The van der Waals surface area contributed by atoms with Crippen molar-refractivity contribution in [2.75, 3.05) is 33.3 Å². The van der Waals surface area contributed by atoms with Gasteiger partial charge in [-0.15, -0.1) is 0 Å². The van der Waals surface area contributed by atoms with Crippen LogP contribution in [0.4, 0.5) is 13.2 Å². The van der Waals surface area contributed by atoms with Crippen molar-refractivity contribution in [2.45, 2.75) is 19.4 Å². The molecule has 1 heterocycles. The van der Waals surface area contributed by atoms with Gasteiger partial charge in [0.15, 0.2) is 17.5 Å². The van der Waals surface area contributed by atoms with Gasteiger partial charge in [-0.3, -0.25) is 14.5 Å². The Balaban J connectivity index is 2.03. The first-order chi connectivity index (χ1) is 11.3. The third-order valence-electron chi connectivity index (χ3n) is 4.10. The van der Waals surface area contributed by atoms with E-state index >= 15 is 0 Å². The molecule has 1 saturated heterocycles. The summed E-state index contributed by atoms with van der Waals surface area (Å²) in [5.74, 6) is -5.44. The third-order valence-corrected chi connectivity index (χ3v) is 4.10. The van der Waals surface area contributed by atoms with Gasteiger partial charge in [-0.1, -0.05) is 0 Å². The Labute approximate surface area is 138 Å². The second kappa shape index (κ2) is 7.65. The van der Waals surface area contributed by atoms with Gasteiger partial charge in [0.25, 0.3) is 5.91 Å². The maximum atomic E-state index is 13.8. The van der Waals surface area contributed by atoms with Gasteiger partial charge in [0.2, 0.25) is 0 Å². The first kappa shape index (κ1) is 18.3. The number of ether oxygens (including phenoxy) is 1. The maximum Gasteiger partial charge on any atom is 0.306 e. The average molecular weight is 344 g/mol. The first-order valence-corrected chi connectivity index (χ1v) is 7.58. The minimum absolute atomic E-state index is 0.245. The zero-order chi connectivity index (χ0) is 17.9. The predicted octanol–water partition coefficient (Wildman–Crippen LogP) is 1.81. The van der Waals surface area contributed by atoms with E-state index in [4.69, 9.17) is 0 Å².